The number of para-hydroxylation sites is 1. The summed E-state index contributed by atoms with van der Waals surface area (Å²) in [6, 6.07) is 30.5. The summed E-state index contributed by atoms with van der Waals surface area (Å²) in [5.41, 5.74) is 5.62. The van der Waals surface area contributed by atoms with E-state index < -0.39 is 0 Å². The van der Waals surface area contributed by atoms with Crippen LogP contribution in [-0.4, -0.2) is 15.5 Å². The third kappa shape index (κ3) is 5.44. The van der Waals surface area contributed by atoms with Crippen LogP contribution in [0.1, 0.15) is 34.6 Å². The molecular formula is C30H26ClN3O. The standard InChI is InChI=1S/C30H26ClN3O/c31-25-12-10-24(11-13-25)27(18-30(35)33-19-22-14-16-32-17-15-22)28-21-34(20-23-6-2-1-3-7-23)29-9-5-4-8-26(28)29/h1-17,21,27H,18-20H2,(H,33,35)/t27-/m0/s1. The van der Waals surface area contributed by atoms with Crippen molar-refractivity contribution in [2.24, 2.45) is 0 Å². The Hall–Kier alpha value is -3.89. The van der Waals surface area contributed by atoms with Crippen LogP contribution in [0, 0.1) is 0 Å². The number of aromatic nitrogens is 2. The number of pyridine rings is 1. The Morgan fingerprint density at radius 1 is 0.857 bits per heavy atom. The van der Waals surface area contributed by atoms with Crippen LogP contribution >= 0.6 is 11.6 Å². The molecule has 0 saturated carbocycles. The van der Waals surface area contributed by atoms with Crippen LogP contribution < -0.4 is 5.32 Å². The summed E-state index contributed by atoms with van der Waals surface area (Å²) >= 11 is 6.19. The summed E-state index contributed by atoms with van der Waals surface area (Å²) in [7, 11) is 0. The van der Waals surface area contributed by atoms with Gasteiger partial charge in [-0.05, 0) is 52.6 Å². The number of fused-ring (bicyclic) bond motifs is 1. The fraction of sp³-hybridized carbons (Fsp3) is 0.133. The number of hydrogen-bond donors (Lipinski definition) is 1. The van der Waals surface area contributed by atoms with Crippen molar-refractivity contribution in [1.82, 2.24) is 14.9 Å². The monoisotopic (exact) mass is 479 g/mol. The Kier molecular flexibility index (Phi) is 6.92. The van der Waals surface area contributed by atoms with Crippen molar-refractivity contribution in [3.63, 3.8) is 0 Å². The molecule has 0 aliphatic heterocycles. The first-order chi connectivity index (χ1) is 17.2. The average Bonchev–Trinajstić information content (AvgIpc) is 3.26. The molecule has 0 radical (unpaired) electrons. The minimum Gasteiger partial charge on any atom is -0.352 e. The first kappa shape index (κ1) is 22.9. The molecule has 0 bridgehead atoms. The summed E-state index contributed by atoms with van der Waals surface area (Å²) in [6.07, 6.45) is 6.01. The van der Waals surface area contributed by atoms with E-state index in [1.54, 1.807) is 12.4 Å². The maximum atomic E-state index is 13.1. The summed E-state index contributed by atoms with van der Waals surface area (Å²) in [5, 5.41) is 4.91. The molecule has 5 rings (SSSR count). The molecule has 4 nitrogen and oxygen atoms in total. The zero-order chi connectivity index (χ0) is 24.0. The topological polar surface area (TPSA) is 46.9 Å². The molecule has 0 spiro atoms. The molecule has 0 fully saturated rings. The highest BCUT2D eigenvalue weighted by molar-refractivity contribution is 6.30. The number of rotatable bonds is 8. The van der Waals surface area contributed by atoms with Gasteiger partial charge in [0.15, 0.2) is 0 Å². The van der Waals surface area contributed by atoms with Crippen molar-refractivity contribution in [2.75, 3.05) is 0 Å². The van der Waals surface area contributed by atoms with Gasteiger partial charge in [-0.1, -0.05) is 72.3 Å². The van der Waals surface area contributed by atoms with Crippen molar-refractivity contribution in [3.05, 3.63) is 137 Å². The second-order valence-corrected chi connectivity index (χ2v) is 9.09. The van der Waals surface area contributed by atoms with E-state index in [-0.39, 0.29) is 11.8 Å². The third-order valence-corrected chi connectivity index (χ3v) is 6.54. The number of hydrogen-bond acceptors (Lipinski definition) is 2. The Balaban J connectivity index is 1.49. The predicted octanol–water partition coefficient (Wildman–Crippen LogP) is 6.58. The SMILES string of the molecule is O=C(C[C@@H](c1ccc(Cl)cc1)c1cn(Cc2ccccc2)c2ccccc12)NCc1ccncc1. The molecule has 1 amide bonds. The largest absolute Gasteiger partial charge is 0.352 e. The van der Waals surface area contributed by atoms with E-state index in [1.165, 1.54) is 5.56 Å². The Labute approximate surface area is 210 Å². The Bertz CT molecular complexity index is 1410. The highest BCUT2D eigenvalue weighted by Crippen LogP contribution is 2.35. The quantitative estimate of drug-likeness (QED) is 0.273. The third-order valence-electron chi connectivity index (χ3n) is 6.29. The van der Waals surface area contributed by atoms with E-state index in [0.717, 1.165) is 34.1 Å². The van der Waals surface area contributed by atoms with E-state index in [2.05, 4.69) is 69.6 Å². The van der Waals surface area contributed by atoms with Gasteiger partial charge in [-0.3, -0.25) is 9.78 Å². The van der Waals surface area contributed by atoms with E-state index in [1.807, 2.05) is 42.5 Å². The number of carbonyl (C=O) groups is 1. The molecular weight excluding hydrogens is 454 g/mol. The molecule has 1 N–H and O–H groups in total. The number of amides is 1. The lowest BCUT2D eigenvalue weighted by molar-refractivity contribution is -0.121. The van der Waals surface area contributed by atoms with Crippen molar-refractivity contribution in [3.8, 4) is 0 Å². The van der Waals surface area contributed by atoms with Gasteiger partial charge in [0, 0.05) is 59.9 Å². The molecule has 0 aliphatic rings. The number of carbonyl (C=O) groups excluding carboxylic acids is 1. The zero-order valence-electron chi connectivity index (χ0n) is 19.3. The first-order valence-electron chi connectivity index (χ1n) is 11.7. The molecule has 2 aromatic heterocycles. The maximum Gasteiger partial charge on any atom is 0.221 e. The first-order valence-corrected chi connectivity index (χ1v) is 12.1. The average molecular weight is 480 g/mol. The fourth-order valence-electron chi connectivity index (χ4n) is 4.53. The molecule has 35 heavy (non-hydrogen) atoms. The second-order valence-electron chi connectivity index (χ2n) is 8.66. The summed E-state index contributed by atoms with van der Waals surface area (Å²) in [6.45, 7) is 1.24. The molecule has 0 unspecified atom stereocenters. The van der Waals surface area contributed by atoms with E-state index in [9.17, 15) is 4.79 Å². The van der Waals surface area contributed by atoms with Gasteiger partial charge in [0.25, 0.3) is 0 Å². The predicted molar refractivity (Wildman–Crippen MR) is 141 cm³/mol. The van der Waals surface area contributed by atoms with Crippen LogP contribution in [0.4, 0.5) is 0 Å². The highest BCUT2D eigenvalue weighted by atomic mass is 35.5. The van der Waals surface area contributed by atoms with Gasteiger partial charge in [0.1, 0.15) is 0 Å². The van der Waals surface area contributed by atoms with Gasteiger partial charge < -0.3 is 9.88 Å². The smallest absolute Gasteiger partial charge is 0.221 e. The minimum atomic E-state index is -0.105. The van der Waals surface area contributed by atoms with Crippen LogP contribution in [0.2, 0.25) is 5.02 Å². The van der Waals surface area contributed by atoms with Crippen LogP contribution in [0.3, 0.4) is 0 Å². The van der Waals surface area contributed by atoms with Gasteiger partial charge in [-0.15, -0.1) is 0 Å². The van der Waals surface area contributed by atoms with Gasteiger partial charge >= 0.3 is 0 Å². The molecule has 1 atom stereocenters. The molecule has 3 aromatic carbocycles. The number of benzene rings is 3. The lowest BCUT2D eigenvalue weighted by atomic mass is 9.88. The van der Waals surface area contributed by atoms with Crippen LogP contribution in [0.25, 0.3) is 10.9 Å². The van der Waals surface area contributed by atoms with Gasteiger partial charge in [0.05, 0.1) is 0 Å². The van der Waals surface area contributed by atoms with Crippen LogP contribution in [0.15, 0.2) is 110 Å². The van der Waals surface area contributed by atoms with Crippen molar-refractivity contribution in [2.45, 2.75) is 25.4 Å². The van der Waals surface area contributed by atoms with Crippen molar-refractivity contribution < 1.29 is 4.79 Å². The molecule has 0 saturated heterocycles. The van der Waals surface area contributed by atoms with E-state index >= 15 is 0 Å². The second kappa shape index (κ2) is 10.6. The van der Waals surface area contributed by atoms with E-state index in [0.29, 0.717) is 18.0 Å². The van der Waals surface area contributed by atoms with Crippen molar-refractivity contribution >= 4 is 28.4 Å². The van der Waals surface area contributed by atoms with Gasteiger partial charge in [-0.25, -0.2) is 0 Å². The summed E-state index contributed by atoms with van der Waals surface area (Å²) in [4.78, 5) is 17.2. The van der Waals surface area contributed by atoms with Crippen LogP contribution in [-0.2, 0) is 17.9 Å². The van der Waals surface area contributed by atoms with Gasteiger partial charge in [-0.2, -0.15) is 0 Å². The highest BCUT2D eigenvalue weighted by Gasteiger charge is 2.23. The zero-order valence-corrected chi connectivity index (χ0v) is 20.0. The van der Waals surface area contributed by atoms with Crippen LogP contribution in [0.5, 0.6) is 0 Å². The fourth-order valence-corrected chi connectivity index (χ4v) is 4.65. The summed E-state index contributed by atoms with van der Waals surface area (Å²) in [5.74, 6) is -0.103. The number of halogens is 1. The maximum absolute atomic E-state index is 13.1. The lowest BCUT2D eigenvalue weighted by Gasteiger charge is -2.17. The minimum absolute atomic E-state index is 0.00153. The molecule has 174 valence electrons. The Morgan fingerprint density at radius 2 is 1.57 bits per heavy atom. The molecule has 5 heteroatoms. The number of nitrogens with one attached hydrogen (secondary N) is 1. The molecule has 5 aromatic rings. The molecule has 2 heterocycles. The summed E-state index contributed by atoms with van der Waals surface area (Å²) < 4.78 is 2.28. The Morgan fingerprint density at radius 3 is 2.34 bits per heavy atom. The van der Waals surface area contributed by atoms with Gasteiger partial charge in [0.2, 0.25) is 5.91 Å². The lowest BCUT2D eigenvalue weighted by Crippen LogP contribution is -2.25. The van der Waals surface area contributed by atoms with Crippen molar-refractivity contribution in [1.29, 1.82) is 0 Å². The normalized spacial score (nSPS) is 11.9. The number of nitrogens with zero attached hydrogens (tertiary/aromatic N) is 2. The molecule has 0 aliphatic carbocycles. The van der Waals surface area contributed by atoms with E-state index in [4.69, 9.17) is 11.6 Å².